The van der Waals surface area contributed by atoms with E-state index in [2.05, 4.69) is 59.5 Å². The van der Waals surface area contributed by atoms with Crippen molar-refractivity contribution < 1.29 is 4.79 Å². The van der Waals surface area contributed by atoms with Crippen LogP contribution in [0, 0.1) is 6.92 Å². The van der Waals surface area contributed by atoms with Crippen molar-refractivity contribution in [3.05, 3.63) is 83.7 Å². The SMILES string of the molecule is CCN(CC)c1ccc(Nc2cncc(C(=O)NCc3ccccc3)c2)c(C)c1. The fourth-order valence-corrected chi connectivity index (χ4v) is 3.24. The van der Waals surface area contributed by atoms with Crippen LogP contribution in [0.1, 0.15) is 35.3 Å². The molecule has 0 spiro atoms. The van der Waals surface area contributed by atoms with Gasteiger partial charge in [0.25, 0.3) is 5.91 Å². The highest BCUT2D eigenvalue weighted by Gasteiger charge is 2.09. The van der Waals surface area contributed by atoms with Gasteiger partial charge in [-0.25, -0.2) is 0 Å². The molecule has 29 heavy (non-hydrogen) atoms. The Morgan fingerprint density at radius 1 is 1.00 bits per heavy atom. The van der Waals surface area contributed by atoms with Gasteiger partial charge in [0, 0.05) is 37.2 Å². The molecule has 0 unspecified atom stereocenters. The van der Waals surface area contributed by atoms with Crippen LogP contribution in [0.2, 0.25) is 0 Å². The summed E-state index contributed by atoms with van der Waals surface area (Å²) in [5.41, 5.74) is 5.74. The minimum Gasteiger partial charge on any atom is -0.372 e. The molecule has 3 aromatic rings. The van der Waals surface area contributed by atoms with Gasteiger partial charge >= 0.3 is 0 Å². The third kappa shape index (κ3) is 5.35. The summed E-state index contributed by atoms with van der Waals surface area (Å²) >= 11 is 0. The molecular weight excluding hydrogens is 360 g/mol. The molecule has 5 nitrogen and oxygen atoms in total. The molecule has 0 aliphatic carbocycles. The molecule has 0 fully saturated rings. The fourth-order valence-electron chi connectivity index (χ4n) is 3.24. The van der Waals surface area contributed by atoms with Crippen LogP contribution in [0.3, 0.4) is 0 Å². The molecule has 2 aromatic carbocycles. The lowest BCUT2D eigenvalue weighted by Crippen LogP contribution is -2.23. The number of nitrogens with zero attached hydrogens (tertiary/aromatic N) is 2. The molecular formula is C24H28N4O. The lowest BCUT2D eigenvalue weighted by molar-refractivity contribution is 0.0950. The first kappa shape index (κ1) is 20.4. The first-order valence-corrected chi connectivity index (χ1v) is 10.0. The summed E-state index contributed by atoms with van der Waals surface area (Å²) in [5, 5.41) is 6.32. The molecule has 1 aromatic heterocycles. The van der Waals surface area contributed by atoms with Gasteiger partial charge in [0.1, 0.15) is 0 Å². The van der Waals surface area contributed by atoms with Gasteiger partial charge in [-0.2, -0.15) is 0 Å². The highest BCUT2D eigenvalue weighted by atomic mass is 16.1. The standard InChI is InChI=1S/C24H28N4O/c1-4-28(5-2)22-11-12-23(18(3)13-22)27-21-14-20(16-25-17-21)24(29)26-15-19-9-7-6-8-10-19/h6-14,16-17,27H,4-5,15H2,1-3H3,(H,26,29). The molecule has 0 radical (unpaired) electrons. The van der Waals surface area contributed by atoms with Crippen molar-refractivity contribution in [2.75, 3.05) is 23.3 Å². The number of carbonyl (C=O) groups is 1. The lowest BCUT2D eigenvalue weighted by Gasteiger charge is -2.22. The topological polar surface area (TPSA) is 57.3 Å². The van der Waals surface area contributed by atoms with Gasteiger partial charge < -0.3 is 15.5 Å². The van der Waals surface area contributed by atoms with Crippen molar-refractivity contribution in [3.8, 4) is 0 Å². The Labute approximate surface area is 172 Å². The molecule has 3 rings (SSSR count). The van der Waals surface area contributed by atoms with Crippen LogP contribution >= 0.6 is 0 Å². The average Bonchev–Trinajstić information content (AvgIpc) is 2.75. The summed E-state index contributed by atoms with van der Waals surface area (Å²) in [6.07, 6.45) is 3.31. The first-order chi connectivity index (χ1) is 14.1. The van der Waals surface area contributed by atoms with Gasteiger partial charge in [-0.15, -0.1) is 0 Å². The van der Waals surface area contributed by atoms with Crippen LogP contribution in [0.25, 0.3) is 0 Å². The molecule has 0 bridgehead atoms. The average molecular weight is 389 g/mol. The molecule has 150 valence electrons. The van der Waals surface area contributed by atoms with Crippen molar-refractivity contribution in [1.29, 1.82) is 0 Å². The predicted molar refractivity (Wildman–Crippen MR) is 120 cm³/mol. The number of amides is 1. The molecule has 0 saturated carbocycles. The Hall–Kier alpha value is -3.34. The van der Waals surface area contributed by atoms with Crippen molar-refractivity contribution in [2.45, 2.75) is 27.3 Å². The van der Waals surface area contributed by atoms with Gasteiger partial charge in [0.05, 0.1) is 17.4 Å². The second-order valence-electron chi connectivity index (χ2n) is 6.93. The Bertz CT molecular complexity index is 952. The van der Waals surface area contributed by atoms with E-state index in [0.717, 1.165) is 35.6 Å². The van der Waals surface area contributed by atoms with Crippen molar-refractivity contribution >= 4 is 23.0 Å². The molecule has 5 heteroatoms. The van der Waals surface area contributed by atoms with E-state index in [1.54, 1.807) is 12.4 Å². The zero-order chi connectivity index (χ0) is 20.6. The van der Waals surface area contributed by atoms with Gasteiger partial charge in [0.15, 0.2) is 0 Å². The van der Waals surface area contributed by atoms with E-state index in [4.69, 9.17) is 0 Å². The lowest BCUT2D eigenvalue weighted by atomic mass is 10.1. The van der Waals surface area contributed by atoms with Gasteiger partial charge in [-0.1, -0.05) is 30.3 Å². The predicted octanol–water partition coefficient (Wildman–Crippen LogP) is 4.91. The summed E-state index contributed by atoms with van der Waals surface area (Å²) in [4.78, 5) is 19.0. The highest BCUT2D eigenvalue weighted by Crippen LogP contribution is 2.25. The third-order valence-corrected chi connectivity index (χ3v) is 4.91. The van der Waals surface area contributed by atoms with Crippen LogP contribution < -0.4 is 15.5 Å². The summed E-state index contributed by atoms with van der Waals surface area (Å²) in [6.45, 7) is 8.85. The zero-order valence-electron chi connectivity index (χ0n) is 17.3. The molecule has 1 amide bonds. The number of hydrogen-bond donors (Lipinski definition) is 2. The molecule has 0 atom stereocenters. The Kier molecular flexibility index (Phi) is 6.85. The number of aryl methyl sites for hydroxylation is 1. The molecule has 0 aliphatic rings. The number of rotatable bonds is 8. The van der Waals surface area contributed by atoms with Crippen molar-refractivity contribution in [3.63, 3.8) is 0 Å². The smallest absolute Gasteiger partial charge is 0.253 e. The van der Waals surface area contributed by atoms with E-state index in [9.17, 15) is 4.79 Å². The van der Waals surface area contributed by atoms with Crippen LogP contribution in [-0.4, -0.2) is 24.0 Å². The number of nitrogens with one attached hydrogen (secondary N) is 2. The Balaban J connectivity index is 1.68. The summed E-state index contributed by atoms with van der Waals surface area (Å²) in [6, 6.07) is 18.0. The van der Waals surface area contributed by atoms with E-state index in [1.165, 1.54) is 5.69 Å². The quantitative estimate of drug-likeness (QED) is 0.576. The minimum atomic E-state index is -0.140. The van der Waals surface area contributed by atoms with E-state index in [1.807, 2.05) is 36.4 Å². The molecule has 0 saturated heterocycles. The van der Waals surface area contributed by atoms with E-state index in [0.29, 0.717) is 12.1 Å². The molecule has 0 aliphatic heterocycles. The number of hydrogen-bond acceptors (Lipinski definition) is 4. The van der Waals surface area contributed by atoms with E-state index >= 15 is 0 Å². The maximum Gasteiger partial charge on any atom is 0.253 e. The Morgan fingerprint density at radius 3 is 2.45 bits per heavy atom. The van der Waals surface area contributed by atoms with E-state index in [-0.39, 0.29) is 5.91 Å². The van der Waals surface area contributed by atoms with Crippen molar-refractivity contribution in [1.82, 2.24) is 10.3 Å². The number of pyridine rings is 1. The number of carbonyl (C=O) groups excluding carboxylic acids is 1. The second kappa shape index (κ2) is 9.73. The van der Waals surface area contributed by atoms with Gasteiger partial charge in [0.2, 0.25) is 0 Å². The molecule has 2 N–H and O–H groups in total. The van der Waals surface area contributed by atoms with Crippen LogP contribution in [0.5, 0.6) is 0 Å². The fraction of sp³-hybridized carbons (Fsp3) is 0.250. The number of aromatic nitrogens is 1. The van der Waals surface area contributed by atoms with E-state index < -0.39 is 0 Å². The summed E-state index contributed by atoms with van der Waals surface area (Å²) in [7, 11) is 0. The highest BCUT2D eigenvalue weighted by molar-refractivity contribution is 5.94. The monoisotopic (exact) mass is 388 g/mol. The van der Waals surface area contributed by atoms with Crippen LogP contribution in [0.4, 0.5) is 17.1 Å². The maximum absolute atomic E-state index is 12.5. The molecule has 1 heterocycles. The number of benzene rings is 2. The second-order valence-corrected chi connectivity index (χ2v) is 6.93. The van der Waals surface area contributed by atoms with Crippen molar-refractivity contribution in [2.24, 2.45) is 0 Å². The Morgan fingerprint density at radius 2 is 1.76 bits per heavy atom. The van der Waals surface area contributed by atoms with Gasteiger partial charge in [-0.3, -0.25) is 9.78 Å². The zero-order valence-corrected chi connectivity index (χ0v) is 17.3. The third-order valence-electron chi connectivity index (χ3n) is 4.91. The maximum atomic E-state index is 12.5. The van der Waals surface area contributed by atoms with Gasteiger partial charge in [-0.05, 0) is 56.2 Å². The summed E-state index contributed by atoms with van der Waals surface area (Å²) < 4.78 is 0. The number of anilines is 3. The first-order valence-electron chi connectivity index (χ1n) is 10.0. The minimum absolute atomic E-state index is 0.140. The normalized spacial score (nSPS) is 10.4. The summed E-state index contributed by atoms with van der Waals surface area (Å²) in [5.74, 6) is -0.140. The van der Waals surface area contributed by atoms with Crippen LogP contribution in [0.15, 0.2) is 67.0 Å². The largest absolute Gasteiger partial charge is 0.372 e. The van der Waals surface area contributed by atoms with Crippen LogP contribution in [-0.2, 0) is 6.54 Å².